The molecule has 0 amide bonds. The van der Waals surface area contributed by atoms with Gasteiger partial charge in [-0.1, -0.05) is 24.3 Å². The van der Waals surface area contributed by atoms with Crippen molar-refractivity contribution in [3.05, 3.63) is 59.9 Å². The van der Waals surface area contributed by atoms with Crippen LogP contribution in [-0.2, 0) is 16.4 Å². The van der Waals surface area contributed by atoms with Gasteiger partial charge in [-0.05, 0) is 29.8 Å². The van der Waals surface area contributed by atoms with E-state index >= 15 is 0 Å². The van der Waals surface area contributed by atoms with Crippen LogP contribution in [0.1, 0.15) is 5.56 Å². The Bertz CT molecular complexity index is 715. The topological polar surface area (TPSA) is 46.2 Å². The van der Waals surface area contributed by atoms with Crippen LogP contribution in [-0.4, -0.2) is 14.2 Å². The summed E-state index contributed by atoms with van der Waals surface area (Å²) >= 11 is 0. The Balaban J connectivity index is 2.23. The number of hydrogen-bond donors (Lipinski definition) is 1. The van der Waals surface area contributed by atoms with Crippen molar-refractivity contribution in [2.24, 2.45) is 0 Å². The minimum Gasteiger partial charge on any atom is -0.380 e. The highest BCUT2D eigenvalue weighted by Crippen LogP contribution is 2.26. The van der Waals surface area contributed by atoms with Gasteiger partial charge in [-0.2, -0.15) is 8.78 Å². The molecule has 2 aromatic rings. The van der Waals surface area contributed by atoms with Gasteiger partial charge in [0.05, 0.1) is 10.6 Å². The second-order valence-electron chi connectivity index (χ2n) is 4.28. The third kappa shape index (κ3) is 3.55. The van der Waals surface area contributed by atoms with Gasteiger partial charge in [0, 0.05) is 6.54 Å². The van der Waals surface area contributed by atoms with Gasteiger partial charge in [-0.3, -0.25) is 0 Å². The number of sulfone groups is 1. The first kappa shape index (κ1) is 15.4. The van der Waals surface area contributed by atoms with Gasteiger partial charge in [0.1, 0.15) is 5.82 Å². The van der Waals surface area contributed by atoms with E-state index in [1.165, 1.54) is 42.5 Å². The Labute approximate surface area is 120 Å². The number of hydrogen-bond acceptors (Lipinski definition) is 3. The average molecular weight is 315 g/mol. The molecule has 0 saturated carbocycles. The molecular weight excluding hydrogens is 303 g/mol. The normalized spacial score (nSPS) is 11.6. The summed E-state index contributed by atoms with van der Waals surface area (Å²) in [5.41, 5.74) is 0.780. The molecule has 0 fully saturated rings. The summed E-state index contributed by atoms with van der Waals surface area (Å²) in [4.78, 5) is -0.456. The maximum absolute atomic E-state index is 12.8. The van der Waals surface area contributed by atoms with Crippen LogP contribution in [0.3, 0.4) is 0 Å². The maximum Gasteiger partial charge on any atom is 0.341 e. The smallest absolute Gasteiger partial charge is 0.341 e. The predicted molar refractivity (Wildman–Crippen MR) is 73.4 cm³/mol. The minimum atomic E-state index is -4.67. The number of benzene rings is 2. The van der Waals surface area contributed by atoms with Crippen LogP contribution >= 0.6 is 0 Å². The summed E-state index contributed by atoms with van der Waals surface area (Å²) in [7, 11) is -4.67. The Kier molecular flexibility index (Phi) is 4.52. The van der Waals surface area contributed by atoms with Crippen molar-refractivity contribution < 1.29 is 21.6 Å². The first-order valence-electron chi connectivity index (χ1n) is 6.00. The summed E-state index contributed by atoms with van der Waals surface area (Å²) in [5, 5.41) is 2.78. The molecule has 0 aliphatic carbocycles. The molecule has 0 aliphatic rings. The molecule has 3 nitrogen and oxygen atoms in total. The highest BCUT2D eigenvalue weighted by molar-refractivity contribution is 7.91. The highest BCUT2D eigenvalue weighted by Gasteiger charge is 2.28. The Morgan fingerprint density at radius 1 is 1.00 bits per heavy atom. The van der Waals surface area contributed by atoms with Gasteiger partial charge in [0.15, 0.2) is 0 Å². The number of anilines is 1. The number of halogens is 3. The molecular formula is C14H12F3NO2S. The largest absolute Gasteiger partial charge is 0.380 e. The van der Waals surface area contributed by atoms with E-state index in [1.807, 2.05) is 0 Å². The van der Waals surface area contributed by atoms with Crippen molar-refractivity contribution >= 4 is 15.5 Å². The Morgan fingerprint density at radius 2 is 1.62 bits per heavy atom. The van der Waals surface area contributed by atoms with Crippen molar-refractivity contribution in [2.75, 3.05) is 5.32 Å². The van der Waals surface area contributed by atoms with E-state index in [1.54, 1.807) is 0 Å². The SMILES string of the molecule is O=S(=O)(c1ccccc1NCc1ccc(F)cc1)C(F)F. The third-order valence-electron chi connectivity index (χ3n) is 2.82. The second kappa shape index (κ2) is 6.17. The van der Waals surface area contributed by atoms with Crippen LogP contribution < -0.4 is 5.32 Å². The van der Waals surface area contributed by atoms with Crippen molar-refractivity contribution in [1.82, 2.24) is 0 Å². The van der Waals surface area contributed by atoms with Crippen LogP contribution in [0.4, 0.5) is 18.9 Å². The molecule has 0 bridgehead atoms. The summed E-state index contributed by atoms with van der Waals surface area (Å²) in [6.07, 6.45) is 0. The summed E-state index contributed by atoms with van der Waals surface area (Å²) in [6, 6.07) is 11.0. The summed E-state index contributed by atoms with van der Waals surface area (Å²) in [6.45, 7) is 0.191. The number of alkyl halides is 2. The standard InChI is InChI=1S/C14H12F3NO2S/c15-11-7-5-10(6-8-11)9-18-12-3-1-2-4-13(12)21(19,20)14(16)17/h1-8,14,18H,9H2. The molecule has 112 valence electrons. The first-order valence-corrected chi connectivity index (χ1v) is 7.55. The zero-order valence-electron chi connectivity index (χ0n) is 10.8. The van der Waals surface area contributed by atoms with E-state index in [9.17, 15) is 21.6 Å². The van der Waals surface area contributed by atoms with Crippen molar-refractivity contribution in [3.8, 4) is 0 Å². The molecule has 2 aromatic carbocycles. The predicted octanol–water partition coefficient (Wildman–Crippen LogP) is 3.43. The lowest BCUT2D eigenvalue weighted by atomic mass is 10.2. The minimum absolute atomic E-state index is 0.0853. The molecule has 21 heavy (non-hydrogen) atoms. The third-order valence-corrected chi connectivity index (χ3v) is 4.26. The van der Waals surface area contributed by atoms with E-state index in [4.69, 9.17) is 0 Å². The monoisotopic (exact) mass is 315 g/mol. The molecule has 7 heteroatoms. The Hall–Kier alpha value is -2.02. The molecule has 1 N–H and O–H groups in total. The maximum atomic E-state index is 12.8. The van der Waals surface area contributed by atoms with Gasteiger partial charge in [-0.15, -0.1) is 0 Å². The van der Waals surface area contributed by atoms with Gasteiger partial charge in [0.25, 0.3) is 0 Å². The van der Waals surface area contributed by atoms with Crippen LogP contribution in [0, 0.1) is 5.82 Å². The Morgan fingerprint density at radius 3 is 2.24 bits per heavy atom. The van der Waals surface area contributed by atoms with Crippen LogP contribution in [0.2, 0.25) is 0 Å². The lowest BCUT2D eigenvalue weighted by molar-refractivity contribution is 0.235. The van der Waals surface area contributed by atoms with Gasteiger partial charge in [0.2, 0.25) is 9.84 Å². The molecule has 0 spiro atoms. The zero-order valence-corrected chi connectivity index (χ0v) is 11.6. The van der Waals surface area contributed by atoms with Gasteiger partial charge < -0.3 is 5.32 Å². The molecule has 0 aliphatic heterocycles. The number of nitrogens with one attached hydrogen (secondary N) is 1. The first-order chi connectivity index (χ1) is 9.91. The van der Waals surface area contributed by atoms with Crippen LogP contribution in [0.15, 0.2) is 53.4 Å². The quantitative estimate of drug-likeness (QED) is 0.919. The average Bonchev–Trinajstić information content (AvgIpc) is 2.47. The molecule has 0 aromatic heterocycles. The van der Waals surface area contributed by atoms with E-state index in [0.29, 0.717) is 5.56 Å². The fourth-order valence-corrected chi connectivity index (χ4v) is 2.66. The van der Waals surface area contributed by atoms with Gasteiger partial charge >= 0.3 is 5.76 Å². The fraction of sp³-hybridized carbons (Fsp3) is 0.143. The zero-order chi connectivity index (χ0) is 15.5. The molecule has 0 atom stereocenters. The fourth-order valence-electron chi connectivity index (χ4n) is 1.76. The number of para-hydroxylation sites is 1. The molecule has 0 heterocycles. The van der Waals surface area contributed by atoms with Crippen molar-refractivity contribution in [1.29, 1.82) is 0 Å². The highest BCUT2D eigenvalue weighted by atomic mass is 32.2. The molecule has 2 rings (SSSR count). The molecule has 0 unspecified atom stereocenters. The lowest BCUT2D eigenvalue weighted by Gasteiger charge is -2.12. The van der Waals surface area contributed by atoms with E-state index in [0.717, 1.165) is 6.07 Å². The number of rotatable bonds is 5. The van der Waals surface area contributed by atoms with E-state index < -0.39 is 20.5 Å². The summed E-state index contributed by atoms with van der Waals surface area (Å²) in [5.74, 6) is -3.87. The molecule has 0 radical (unpaired) electrons. The van der Waals surface area contributed by atoms with Crippen LogP contribution in [0.25, 0.3) is 0 Å². The lowest BCUT2D eigenvalue weighted by Crippen LogP contribution is -2.14. The van der Waals surface area contributed by atoms with Gasteiger partial charge in [-0.25, -0.2) is 12.8 Å². The van der Waals surface area contributed by atoms with Crippen molar-refractivity contribution in [3.63, 3.8) is 0 Å². The van der Waals surface area contributed by atoms with E-state index in [2.05, 4.69) is 5.32 Å². The van der Waals surface area contributed by atoms with Crippen LogP contribution in [0.5, 0.6) is 0 Å². The van der Waals surface area contributed by atoms with Crippen molar-refractivity contribution in [2.45, 2.75) is 17.2 Å². The van der Waals surface area contributed by atoms with E-state index in [-0.39, 0.29) is 18.0 Å². The molecule has 0 saturated heterocycles. The second-order valence-corrected chi connectivity index (χ2v) is 6.17. The summed E-state index contributed by atoms with van der Waals surface area (Å²) < 4.78 is 61.2.